The summed E-state index contributed by atoms with van der Waals surface area (Å²) in [4.78, 5) is 11.9. The van der Waals surface area contributed by atoms with Gasteiger partial charge in [-0.15, -0.1) is 0 Å². The minimum absolute atomic E-state index is 0.0273. The highest BCUT2D eigenvalue weighted by atomic mass is 32.2. The first kappa shape index (κ1) is 16.8. The monoisotopic (exact) mass is 299 g/mol. The molecule has 0 saturated carbocycles. The van der Waals surface area contributed by atoms with Crippen molar-refractivity contribution in [1.29, 1.82) is 0 Å². The molecule has 0 saturated heterocycles. The number of hydrogen-bond donors (Lipinski definition) is 1. The Hall–Kier alpha value is -1.24. The van der Waals surface area contributed by atoms with E-state index in [1.54, 1.807) is 0 Å². The summed E-state index contributed by atoms with van der Waals surface area (Å²) >= 11 is 0. The van der Waals surface area contributed by atoms with Crippen LogP contribution in [0.25, 0.3) is 0 Å². The molecule has 0 radical (unpaired) electrons. The average molecular weight is 299 g/mol. The van der Waals surface area contributed by atoms with Gasteiger partial charge < -0.3 is 5.11 Å². The number of aliphatic hydroxyl groups is 1. The van der Waals surface area contributed by atoms with E-state index in [0.29, 0.717) is 12.0 Å². The van der Waals surface area contributed by atoms with E-state index in [2.05, 4.69) is 0 Å². The Labute approximate surface area is 120 Å². The number of aliphatic hydroxyl groups excluding tert-OH is 1. The van der Waals surface area contributed by atoms with Crippen LogP contribution in [-0.4, -0.2) is 43.8 Å². The number of carbonyl (C=O) groups excluding carboxylic acids is 1. The smallest absolute Gasteiger partial charge is 0.242 e. The average Bonchev–Trinajstić information content (AvgIpc) is 2.45. The second-order valence-corrected chi connectivity index (χ2v) is 6.65. The summed E-state index contributed by atoms with van der Waals surface area (Å²) in [6.07, 6.45) is 2.26. The lowest BCUT2D eigenvalue weighted by molar-refractivity contribution is 0.0979. The highest BCUT2D eigenvalue weighted by Crippen LogP contribution is 2.16. The van der Waals surface area contributed by atoms with Crippen molar-refractivity contribution in [2.75, 3.05) is 20.2 Å². The molecule has 1 aromatic carbocycles. The Morgan fingerprint density at radius 2 is 1.85 bits per heavy atom. The van der Waals surface area contributed by atoms with Gasteiger partial charge in [0.15, 0.2) is 5.78 Å². The van der Waals surface area contributed by atoms with E-state index < -0.39 is 10.0 Å². The molecule has 1 aromatic rings. The summed E-state index contributed by atoms with van der Waals surface area (Å²) in [5.41, 5.74) is 0.530. The molecule has 0 aliphatic rings. The molecular formula is C14H21NO4S. The van der Waals surface area contributed by atoms with Gasteiger partial charge in [-0.3, -0.25) is 4.79 Å². The molecule has 5 nitrogen and oxygen atoms in total. The number of rotatable bonds is 8. The number of benzene rings is 1. The third kappa shape index (κ3) is 4.13. The first-order valence-electron chi connectivity index (χ1n) is 6.64. The van der Waals surface area contributed by atoms with E-state index >= 15 is 0 Å². The quantitative estimate of drug-likeness (QED) is 0.741. The zero-order valence-corrected chi connectivity index (χ0v) is 12.7. The Balaban J connectivity index is 2.88. The molecular weight excluding hydrogens is 278 g/mol. The van der Waals surface area contributed by atoms with Crippen LogP contribution in [0, 0.1) is 0 Å². The Morgan fingerprint density at radius 3 is 2.35 bits per heavy atom. The SMILES string of the molecule is CCCCC(=O)c1ccc(S(=O)(=O)N(C)CCO)cc1. The van der Waals surface area contributed by atoms with E-state index in [0.717, 1.165) is 17.1 Å². The van der Waals surface area contributed by atoms with Gasteiger partial charge in [0.1, 0.15) is 0 Å². The number of hydrogen-bond acceptors (Lipinski definition) is 4. The maximum absolute atomic E-state index is 12.1. The highest BCUT2D eigenvalue weighted by molar-refractivity contribution is 7.89. The Morgan fingerprint density at radius 1 is 1.25 bits per heavy atom. The van der Waals surface area contributed by atoms with Gasteiger partial charge in [-0.2, -0.15) is 4.31 Å². The largest absolute Gasteiger partial charge is 0.395 e. The molecule has 0 atom stereocenters. The predicted molar refractivity (Wildman–Crippen MR) is 77.2 cm³/mol. The molecule has 0 aromatic heterocycles. The minimum Gasteiger partial charge on any atom is -0.395 e. The molecule has 0 fully saturated rings. The number of ketones is 1. The number of carbonyl (C=O) groups is 1. The van der Waals surface area contributed by atoms with Crippen molar-refractivity contribution >= 4 is 15.8 Å². The minimum atomic E-state index is -3.60. The van der Waals surface area contributed by atoms with Crippen LogP contribution in [-0.2, 0) is 10.0 Å². The van der Waals surface area contributed by atoms with Gasteiger partial charge in [0.05, 0.1) is 11.5 Å². The van der Waals surface area contributed by atoms with Gasteiger partial charge in [0.25, 0.3) is 0 Å². The molecule has 1 N–H and O–H groups in total. The normalized spacial score (nSPS) is 11.8. The van der Waals surface area contributed by atoms with Gasteiger partial charge in [-0.25, -0.2) is 8.42 Å². The lowest BCUT2D eigenvalue weighted by atomic mass is 10.1. The van der Waals surface area contributed by atoms with Gasteiger partial charge in [0.2, 0.25) is 10.0 Å². The van der Waals surface area contributed by atoms with Crippen molar-refractivity contribution in [3.8, 4) is 0 Å². The first-order valence-corrected chi connectivity index (χ1v) is 8.08. The molecule has 0 unspecified atom stereocenters. The molecule has 6 heteroatoms. The lowest BCUT2D eigenvalue weighted by Crippen LogP contribution is -2.29. The van der Waals surface area contributed by atoms with E-state index in [-0.39, 0.29) is 23.8 Å². The summed E-state index contributed by atoms with van der Waals surface area (Å²) in [5.74, 6) is 0.0273. The van der Waals surface area contributed by atoms with Crippen LogP contribution in [0.4, 0.5) is 0 Å². The van der Waals surface area contributed by atoms with Crippen molar-refractivity contribution in [2.24, 2.45) is 0 Å². The number of likely N-dealkylation sites (N-methyl/N-ethyl adjacent to an activating group) is 1. The molecule has 0 spiro atoms. The van der Waals surface area contributed by atoms with Gasteiger partial charge in [-0.1, -0.05) is 25.5 Å². The van der Waals surface area contributed by atoms with Crippen LogP contribution in [0.2, 0.25) is 0 Å². The van der Waals surface area contributed by atoms with Crippen LogP contribution >= 0.6 is 0 Å². The van der Waals surface area contributed by atoms with Crippen molar-refractivity contribution in [3.05, 3.63) is 29.8 Å². The van der Waals surface area contributed by atoms with Crippen molar-refractivity contribution in [1.82, 2.24) is 4.31 Å². The van der Waals surface area contributed by atoms with Crippen LogP contribution in [0.5, 0.6) is 0 Å². The van der Waals surface area contributed by atoms with Crippen LogP contribution in [0.1, 0.15) is 36.5 Å². The molecule has 0 heterocycles. The van der Waals surface area contributed by atoms with Crippen molar-refractivity contribution < 1.29 is 18.3 Å². The maximum atomic E-state index is 12.1. The molecule has 112 valence electrons. The fourth-order valence-electron chi connectivity index (χ4n) is 1.74. The fourth-order valence-corrected chi connectivity index (χ4v) is 2.90. The number of nitrogens with zero attached hydrogens (tertiary/aromatic N) is 1. The standard InChI is InChI=1S/C14H21NO4S/c1-3-4-5-14(17)12-6-8-13(9-7-12)20(18,19)15(2)10-11-16/h6-9,16H,3-5,10-11H2,1-2H3. The summed E-state index contributed by atoms with van der Waals surface area (Å²) < 4.78 is 25.3. The number of Topliss-reactive ketones (excluding diaryl/α,β-unsaturated/α-hetero) is 1. The van der Waals surface area contributed by atoms with Crippen LogP contribution in [0.15, 0.2) is 29.2 Å². The van der Waals surface area contributed by atoms with E-state index in [9.17, 15) is 13.2 Å². The Bertz CT molecular complexity index is 537. The third-order valence-electron chi connectivity index (χ3n) is 3.06. The van der Waals surface area contributed by atoms with Crippen molar-refractivity contribution in [3.63, 3.8) is 0 Å². The zero-order chi connectivity index (χ0) is 15.2. The molecule has 1 rings (SSSR count). The Kier molecular flexibility index (Phi) is 6.32. The van der Waals surface area contributed by atoms with Crippen LogP contribution < -0.4 is 0 Å². The number of sulfonamides is 1. The lowest BCUT2D eigenvalue weighted by Gasteiger charge is -2.15. The second kappa shape index (κ2) is 7.52. The van der Waals surface area contributed by atoms with E-state index in [1.807, 2.05) is 6.92 Å². The first-order chi connectivity index (χ1) is 9.43. The predicted octanol–water partition coefficient (Wildman–Crippen LogP) is 1.67. The molecule has 0 amide bonds. The molecule has 20 heavy (non-hydrogen) atoms. The topological polar surface area (TPSA) is 74.7 Å². The van der Waals surface area contributed by atoms with Crippen LogP contribution in [0.3, 0.4) is 0 Å². The summed E-state index contributed by atoms with van der Waals surface area (Å²) in [6.45, 7) is 1.82. The molecule has 0 bridgehead atoms. The third-order valence-corrected chi connectivity index (χ3v) is 4.93. The zero-order valence-electron chi connectivity index (χ0n) is 11.9. The molecule has 0 aliphatic carbocycles. The van der Waals surface area contributed by atoms with E-state index in [4.69, 9.17) is 5.11 Å². The van der Waals surface area contributed by atoms with Gasteiger partial charge in [-0.05, 0) is 18.6 Å². The second-order valence-electron chi connectivity index (χ2n) is 4.60. The van der Waals surface area contributed by atoms with Gasteiger partial charge in [0, 0.05) is 25.6 Å². The van der Waals surface area contributed by atoms with E-state index in [1.165, 1.54) is 31.3 Å². The summed E-state index contributed by atoms with van der Waals surface area (Å²) in [5, 5.41) is 8.80. The van der Waals surface area contributed by atoms with Crippen molar-refractivity contribution in [2.45, 2.75) is 31.1 Å². The summed E-state index contributed by atoms with van der Waals surface area (Å²) in [7, 11) is -2.19. The fraction of sp³-hybridized carbons (Fsp3) is 0.500. The molecule has 0 aliphatic heterocycles. The maximum Gasteiger partial charge on any atom is 0.242 e. The number of unbranched alkanes of at least 4 members (excludes halogenated alkanes) is 1. The van der Waals surface area contributed by atoms with Gasteiger partial charge >= 0.3 is 0 Å². The summed E-state index contributed by atoms with van der Waals surface area (Å²) in [6, 6.07) is 5.94. The highest BCUT2D eigenvalue weighted by Gasteiger charge is 2.20.